The first-order chi connectivity index (χ1) is 60.2. The molecular weight excluding hydrogens is 1680 g/mol. The Bertz CT molecular complexity index is 4250. The van der Waals surface area contributed by atoms with Crippen molar-refractivity contribution in [2.75, 3.05) is 79.1 Å². The third-order valence-electron chi connectivity index (χ3n) is 19.3. The second-order valence-electron chi connectivity index (χ2n) is 29.7. The van der Waals surface area contributed by atoms with Gasteiger partial charge in [0.1, 0.15) is 67.3 Å². The number of aromatic amines is 1. The van der Waals surface area contributed by atoms with Crippen LogP contribution in [-0.2, 0) is 125 Å². The number of para-hydroxylation sites is 1. The normalized spacial score (nSPS) is 13.1. The molecule has 0 unspecified atom stereocenters. The second-order valence-corrected chi connectivity index (χ2v) is 30.7. The Morgan fingerprint density at radius 2 is 0.857 bits per heavy atom. The van der Waals surface area contributed by atoms with Crippen LogP contribution < -0.4 is 68.4 Å². The average Bonchev–Trinajstić information content (AvgIpc) is 1.60. The molecule has 4 aromatic rings. The highest BCUT2D eigenvalue weighted by Gasteiger charge is 2.35. The number of aliphatic hydroxyl groups excluding tert-OH is 1. The zero-order chi connectivity index (χ0) is 92.6. The number of rotatable bonds is 70. The largest absolute Gasteiger partial charge is 0.481 e. The van der Waals surface area contributed by atoms with Crippen molar-refractivity contribution < 1.29 is 138 Å². The van der Waals surface area contributed by atoms with E-state index in [1.807, 2.05) is 0 Å². The minimum Gasteiger partial charge on any atom is -0.481 e. The topological polar surface area (TPSA) is 649 Å². The SMILES string of the molecule is CCCC[C@H](NC(=O)[C@H](Cc1ccc(OS(=O)(=O)O)cc1)NC(=O)[C@H](CC(=O)O)NC(=O)COCCOCCNC(=O)COCCOCCNC(=O)CC[C@H](NC(=O)CCCCCCCCCCCCCCCCC(=O)O)C(=O)O)C(=O)NCC(=O)N[C@@H](Cc1c[nH]c2ccccc12)C(=O)N[C@@H](CO)C(=O)N[C@@H](CC(=O)O)C(=O)N[C@@H](Cc1ccccc1)C(N)=O. The maximum absolute atomic E-state index is 14.5. The van der Waals surface area contributed by atoms with Crippen molar-refractivity contribution in [3.05, 3.63) is 102 Å². The van der Waals surface area contributed by atoms with Crippen molar-refractivity contribution in [1.82, 2.24) is 63.5 Å². The molecule has 0 bridgehead atoms. The first-order valence-electron chi connectivity index (χ1n) is 41.9. The predicted molar refractivity (Wildman–Crippen MR) is 451 cm³/mol. The maximum Gasteiger partial charge on any atom is 0.446 e. The van der Waals surface area contributed by atoms with Crippen molar-refractivity contribution in [3.63, 3.8) is 0 Å². The molecule has 0 saturated heterocycles. The van der Waals surface area contributed by atoms with E-state index < -0.39 is 193 Å². The molecule has 43 heteroatoms. The summed E-state index contributed by atoms with van der Waals surface area (Å²) in [6.45, 7) is -1.38. The molecule has 0 aliphatic carbocycles. The van der Waals surface area contributed by atoms with Gasteiger partial charge in [-0.25, -0.2) is 4.79 Å². The number of nitrogens with two attached hydrogens (primary N) is 1. The number of nitrogens with one attached hydrogen (secondary N) is 12. The lowest BCUT2D eigenvalue weighted by Crippen LogP contribution is -2.60. The van der Waals surface area contributed by atoms with E-state index in [9.17, 15) is 110 Å². The third kappa shape index (κ3) is 46.8. The number of aromatic nitrogens is 1. The fraction of sp³-hybridized carbons (Fsp3) is 0.566. The number of hydrogen-bond donors (Lipinski definition) is 19. The summed E-state index contributed by atoms with van der Waals surface area (Å²) >= 11 is 0. The van der Waals surface area contributed by atoms with E-state index in [4.69, 9.17) is 29.8 Å². The number of benzene rings is 3. The van der Waals surface area contributed by atoms with Crippen LogP contribution in [0.15, 0.2) is 85.1 Å². The Labute approximate surface area is 729 Å². The summed E-state index contributed by atoms with van der Waals surface area (Å²) in [5.74, 6) is -16.7. The summed E-state index contributed by atoms with van der Waals surface area (Å²) < 4.78 is 58.1. The number of unbranched alkanes of at least 4 members (excludes halogenated alkanes) is 14. The molecule has 4 rings (SSSR count). The lowest BCUT2D eigenvalue weighted by molar-refractivity contribution is -0.142. The van der Waals surface area contributed by atoms with E-state index in [2.05, 4.69) is 67.7 Å². The Hall–Kier alpha value is -11.8. The number of aliphatic hydroxyl groups is 1. The van der Waals surface area contributed by atoms with Gasteiger partial charge < -0.3 is 118 Å². The number of ether oxygens (including phenoxy) is 4. The van der Waals surface area contributed by atoms with Gasteiger partial charge >= 0.3 is 34.3 Å². The molecule has 12 amide bonds. The molecule has 0 spiro atoms. The number of carbonyl (C=O) groups is 16. The van der Waals surface area contributed by atoms with Crippen molar-refractivity contribution in [3.8, 4) is 5.75 Å². The van der Waals surface area contributed by atoms with E-state index in [-0.39, 0.29) is 122 Å². The van der Waals surface area contributed by atoms with Crippen LogP contribution in [0, 0.1) is 0 Å². The van der Waals surface area contributed by atoms with Crippen LogP contribution in [0.3, 0.4) is 0 Å². The summed E-state index contributed by atoms with van der Waals surface area (Å²) in [5.41, 5.74) is 7.37. The smallest absolute Gasteiger partial charge is 0.446 e. The van der Waals surface area contributed by atoms with Crippen LogP contribution in [-0.4, -0.2) is 266 Å². The van der Waals surface area contributed by atoms with Crippen LogP contribution in [0.25, 0.3) is 10.9 Å². The molecule has 3 aromatic carbocycles. The summed E-state index contributed by atoms with van der Waals surface area (Å²) in [6, 6.07) is 6.68. The van der Waals surface area contributed by atoms with Crippen LogP contribution in [0.5, 0.6) is 5.75 Å². The number of aliphatic carboxylic acids is 4. The molecule has 1 heterocycles. The van der Waals surface area contributed by atoms with Crippen molar-refractivity contribution in [1.29, 1.82) is 0 Å². The molecule has 0 saturated carbocycles. The maximum atomic E-state index is 14.5. The van der Waals surface area contributed by atoms with E-state index in [0.29, 0.717) is 34.9 Å². The number of amides is 12. The fourth-order valence-electron chi connectivity index (χ4n) is 12.7. The average molecular weight is 1800 g/mol. The quantitative estimate of drug-likeness (QED) is 0.0211. The summed E-state index contributed by atoms with van der Waals surface area (Å²) in [7, 11) is -5.00. The van der Waals surface area contributed by atoms with Gasteiger partial charge in [-0.15, -0.1) is 0 Å². The minimum absolute atomic E-state index is 0.0153. The Kier molecular flexibility index (Phi) is 51.4. The standard InChI is InChI=1S/C83H121N13O29S/c1-2-3-26-60(77(110)88-50-70(100)90-64(46-56-49-87-59-27-22-21-25-58(56)59)79(112)96-67(51-97)82(115)95-66(48-75(107)108)81(114)93-62(76(84)109)44-54-23-17-16-18-24-54)92-78(111)63(45-55-30-32-57(33-31-55)125-126(118,119)120)94-80(113)65(47-74(105)106)91-72(102)53-124-43-41-122-39-37-86-71(101)52-123-42-40-121-38-36-85-68(98)35-34-61(83(116)117)89-69(99)28-19-14-12-10-8-6-4-5-7-9-11-13-15-20-29-73(103)104/h16-18,21-25,27,30-33,49,60-67,87,97H,2-15,19-20,26,28-29,34-48,50-53H2,1H3,(H2,84,109)(H,85,98)(H,86,101)(H,88,110)(H,89,99)(H,90,100)(H,91,102)(H,92,111)(H,93,114)(H,94,113)(H,95,115)(H,96,112)(H,103,104)(H,105,106)(H,107,108)(H,116,117)(H,118,119,120)/t60-,61-,62-,63-,64-,65-,66-,67-/m0/s1. The summed E-state index contributed by atoms with van der Waals surface area (Å²) in [4.78, 5) is 210. The molecule has 698 valence electrons. The molecule has 0 aliphatic rings. The zero-order valence-electron chi connectivity index (χ0n) is 70.6. The first kappa shape index (κ1) is 107. The lowest BCUT2D eigenvalue weighted by atomic mass is 10.0. The lowest BCUT2D eigenvalue weighted by Gasteiger charge is -2.26. The van der Waals surface area contributed by atoms with Gasteiger partial charge in [0, 0.05) is 68.7 Å². The number of fused-ring (bicyclic) bond motifs is 1. The molecular formula is C83H121N13O29S. The molecule has 42 nitrogen and oxygen atoms in total. The summed E-state index contributed by atoms with van der Waals surface area (Å²) in [5, 5.41) is 75.5. The van der Waals surface area contributed by atoms with Gasteiger partial charge in [-0.1, -0.05) is 157 Å². The number of carbonyl (C=O) groups excluding carboxylic acids is 12. The van der Waals surface area contributed by atoms with Crippen molar-refractivity contribution >= 4 is 116 Å². The Morgan fingerprint density at radius 3 is 1.40 bits per heavy atom. The highest BCUT2D eigenvalue weighted by atomic mass is 32.3. The molecule has 0 radical (unpaired) electrons. The number of H-pyrrole nitrogens is 1. The molecule has 126 heavy (non-hydrogen) atoms. The van der Waals surface area contributed by atoms with E-state index in [1.165, 1.54) is 44.0 Å². The predicted octanol–water partition coefficient (Wildman–Crippen LogP) is 0.479. The van der Waals surface area contributed by atoms with E-state index in [0.717, 1.165) is 69.9 Å². The highest BCUT2D eigenvalue weighted by Crippen LogP contribution is 2.21. The zero-order valence-corrected chi connectivity index (χ0v) is 71.4. The fourth-order valence-corrected chi connectivity index (χ4v) is 13.1. The van der Waals surface area contributed by atoms with Gasteiger partial charge in [0.2, 0.25) is 70.9 Å². The van der Waals surface area contributed by atoms with Crippen LogP contribution in [0.2, 0.25) is 0 Å². The summed E-state index contributed by atoms with van der Waals surface area (Å²) in [6.07, 6.45) is 13.7. The van der Waals surface area contributed by atoms with E-state index >= 15 is 0 Å². The van der Waals surface area contributed by atoms with Crippen molar-refractivity contribution in [2.45, 2.75) is 222 Å². The van der Waals surface area contributed by atoms with Gasteiger partial charge in [-0.3, -0.25) is 76.5 Å². The second kappa shape index (κ2) is 60.7. The third-order valence-corrected chi connectivity index (χ3v) is 19.7. The Balaban J connectivity index is 1.23. The van der Waals surface area contributed by atoms with Crippen LogP contribution >= 0.6 is 0 Å². The van der Waals surface area contributed by atoms with Gasteiger partial charge in [0.25, 0.3) is 0 Å². The van der Waals surface area contributed by atoms with Crippen molar-refractivity contribution in [2.24, 2.45) is 5.73 Å². The molecule has 0 fully saturated rings. The van der Waals surface area contributed by atoms with Crippen LogP contribution in [0.4, 0.5) is 0 Å². The molecule has 0 aliphatic heterocycles. The van der Waals surface area contributed by atoms with E-state index in [1.54, 1.807) is 61.5 Å². The number of carboxylic acid groups (broad SMARTS) is 4. The van der Waals surface area contributed by atoms with Crippen LogP contribution in [0.1, 0.15) is 171 Å². The monoisotopic (exact) mass is 1800 g/mol. The molecule has 1 aromatic heterocycles. The minimum atomic E-state index is -5.00. The highest BCUT2D eigenvalue weighted by molar-refractivity contribution is 7.81. The Morgan fingerprint density at radius 1 is 0.405 bits per heavy atom. The number of carboxylic acids is 4. The van der Waals surface area contributed by atoms with Gasteiger partial charge in [-0.05, 0) is 60.6 Å². The molecule has 20 N–H and O–H groups in total. The molecule has 8 atom stereocenters. The van der Waals surface area contributed by atoms with Gasteiger partial charge in [0.15, 0.2) is 0 Å². The number of primary amides is 1. The van der Waals surface area contributed by atoms with Gasteiger partial charge in [0.05, 0.1) is 65.6 Å². The van der Waals surface area contributed by atoms with Gasteiger partial charge in [-0.2, -0.15) is 8.42 Å². The number of hydrogen-bond acceptors (Lipinski definition) is 24. The first-order valence-corrected chi connectivity index (χ1v) is 43.3.